The topological polar surface area (TPSA) is 0 Å². The summed E-state index contributed by atoms with van der Waals surface area (Å²) in [4.78, 5) is 0. The van der Waals surface area contributed by atoms with Gasteiger partial charge in [-0.05, 0) is 37.8 Å². The van der Waals surface area contributed by atoms with Gasteiger partial charge in [0, 0.05) is 0 Å². The Hall–Kier alpha value is -1.56. The molecule has 2 rings (SSSR count). The number of rotatable bonds is 2. The second kappa shape index (κ2) is 15.8. The van der Waals surface area contributed by atoms with Crippen LogP contribution in [-0.4, -0.2) is 0 Å². The fraction of sp³-hybridized carbons (Fsp3) is 0.455. The molecule has 0 aliphatic carbocycles. The van der Waals surface area contributed by atoms with Gasteiger partial charge in [-0.1, -0.05) is 101 Å². The molecule has 0 fully saturated rings. The van der Waals surface area contributed by atoms with Gasteiger partial charge in [-0.25, -0.2) is 0 Å². The Labute approximate surface area is 139 Å². The maximum atomic E-state index is 2.22. The third-order valence-electron chi connectivity index (χ3n) is 3.02. The number of benzene rings is 2. The minimum atomic E-state index is 1.14. The van der Waals surface area contributed by atoms with Crippen LogP contribution in [0.1, 0.15) is 63.8 Å². The van der Waals surface area contributed by atoms with Gasteiger partial charge in [-0.3, -0.25) is 0 Å². The lowest BCUT2D eigenvalue weighted by atomic mass is 10.1. The molecule has 0 aliphatic heterocycles. The van der Waals surface area contributed by atoms with Crippen molar-refractivity contribution in [3.05, 3.63) is 70.8 Å². The zero-order valence-electron chi connectivity index (χ0n) is 16.0. The van der Waals surface area contributed by atoms with E-state index < -0.39 is 0 Å². The summed E-state index contributed by atoms with van der Waals surface area (Å²) in [6.45, 7) is 16.6. The Morgan fingerprint density at radius 2 is 1.09 bits per heavy atom. The Bertz CT molecular complexity index is 452. The van der Waals surface area contributed by atoms with Crippen molar-refractivity contribution in [1.82, 2.24) is 0 Å². The van der Waals surface area contributed by atoms with Crippen LogP contribution in [0.2, 0.25) is 0 Å². The molecule has 0 unspecified atom stereocenters. The summed E-state index contributed by atoms with van der Waals surface area (Å²) in [5.41, 5.74) is 5.54. The van der Waals surface area contributed by atoms with Gasteiger partial charge in [-0.2, -0.15) is 0 Å². The van der Waals surface area contributed by atoms with E-state index in [2.05, 4.69) is 76.2 Å². The maximum Gasteiger partial charge on any atom is -0.0307 e. The summed E-state index contributed by atoms with van der Waals surface area (Å²) in [7, 11) is 0. The largest absolute Gasteiger partial charge is 0.0683 e. The molecule has 0 N–H and O–H groups in total. The van der Waals surface area contributed by atoms with Gasteiger partial charge in [0.25, 0.3) is 0 Å². The fourth-order valence-electron chi connectivity index (χ4n) is 1.76. The zero-order chi connectivity index (χ0) is 17.4. The zero-order valence-corrected chi connectivity index (χ0v) is 16.0. The first kappa shape index (κ1) is 22.7. The normalized spacial score (nSPS) is 8.36. The predicted octanol–water partition coefficient (Wildman–Crippen LogP) is 7.17. The first-order valence-electron chi connectivity index (χ1n) is 8.76. The van der Waals surface area contributed by atoms with Gasteiger partial charge in [0.1, 0.15) is 0 Å². The van der Waals surface area contributed by atoms with E-state index in [-0.39, 0.29) is 0 Å². The number of hydrogen-bond donors (Lipinski definition) is 0. The van der Waals surface area contributed by atoms with Crippen LogP contribution in [-0.2, 0) is 12.8 Å². The van der Waals surface area contributed by atoms with Crippen LogP contribution in [0.3, 0.4) is 0 Å². The highest BCUT2D eigenvalue weighted by atomic mass is 13.9. The number of aryl methyl sites for hydroxylation is 4. The molecule has 124 valence electrons. The van der Waals surface area contributed by atoms with E-state index in [4.69, 9.17) is 0 Å². The molecule has 0 heteroatoms. The molecule has 2 aromatic carbocycles. The molecule has 0 nitrogen and oxygen atoms in total. The smallest absolute Gasteiger partial charge is 0.0307 e. The monoisotopic (exact) mass is 300 g/mol. The third kappa shape index (κ3) is 11.1. The van der Waals surface area contributed by atoms with Gasteiger partial charge >= 0.3 is 0 Å². The minimum Gasteiger partial charge on any atom is -0.0683 e. The van der Waals surface area contributed by atoms with Crippen molar-refractivity contribution in [2.45, 2.75) is 68.2 Å². The van der Waals surface area contributed by atoms with Crippen molar-refractivity contribution >= 4 is 0 Å². The van der Waals surface area contributed by atoms with Crippen molar-refractivity contribution in [2.75, 3.05) is 0 Å². The predicted molar refractivity (Wildman–Crippen MR) is 104 cm³/mol. The molecule has 0 aliphatic rings. The van der Waals surface area contributed by atoms with Crippen LogP contribution in [0.4, 0.5) is 0 Å². The van der Waals surface area contributed by atoms with Gasteiger partial charge in [0.05, 0.1) is 0 Å². The van der Waals surface area contributed by atoms with Crippen LogP contribution < -0.4 is 0 Å². The highest BCUT2D eigenvalue weighted by Crippen LogP contribution is 2.03. The summed E-state index contributed by atoms with van der Waals surface area (Å²) >= 11 is 0. The molecule has 22 heavy (non-hydrogen) atoms. The van der Waals surface area contributed by atoms with E-state index in [1.807, 2.05) is 27.7 Å². The average molecular weight is 301 g/mol. The Morgan fingerprint density at radius 1 is 0.591 bits per heavy atom. The minimum absolute atomic E-state index is 1.14. The number of hydrogen-bond acceptors (Lipinski definition) is 0. The lowest BCUT2D eigenvalue weighted by Gasteiger charge is -1.95. The standard InChI is InChI=1S/2C9H12.2C2H6/c1-3-9-6-4-8(2)5-7-9;1-3-9-6-4-5-8(2)7-9;2*1-2/h2*4-7H,3H2,1-2H3;2*1-2H3. The first-order valence-corrected chi connectivity index (χ1v) is 8.76. The van der Waals surface area contributed by atoms with Crippen LogP contribution >= 0.6 is 0 Å². The van der Waals surface area contributed by atoms with E-state index in [1.54, 1.807) is 0 Å². The van der Waals surface area contributed by atoms with Crippen molar-refractivity contribution < 1.29 is 0 Å². The quantitative estimate of drug-likeness (QED) is 0.551. The third-order valence-corrected chi connectivity index (χ3v) is 3.02. The van der Waals surface area contributed by atoms with Crippen LogP contribution in [0.5, 0.6) is 0 Å². The molecule has 0 saturated heterocycles. The second-order valence-electron chi connectivity index (χ2n) is 4.68. The van der Waals surface area contributed by atoms with Crippen LogP contribution in [0, 0.1) is 13.8 Å². The van der Waals surface area contributed by atoms with E-state index in [9.17, 15) is 0 Å². The van der Waals surface area contributed by atoms with Gasteiger partial charge in [0.15, 0.2) is 0 Å². The molecule has 2 aromatic rings. The fourth-order valence-corrected chi connectivity index (χ4v) is 1.76. The summed E-state index contributed by atoms with van der Waals surface area (Å²) < 4.78 is 0. The van der Waals surface area contributed by atoms with Crippen molar-refractivity contribution in [3.8, 4) is 0 Å². The molecule has 0 aromatic heterocycles. The average Bonchev–Trinajstić information content (AvgIpc) is 2.60. The van der Waals surface area contributed by atoms with E-state index in [0.717, 1.165) is 12.8 Å². The molecular formula is C22H36. The molecule has 0 radical (unpaired) electrons. The summed E-state index contributed by atoms with van der Waals surface area (Å²) in [6, 6.07) is 17.3. The maximum absolute atomic E-state index is 2.22. The van der Waals surface area contributed by atoms with Crippen molar-refractivity contribution in [1.29, 1.82) is 0 Å². The molecule has 0 heterocycles. The highest BCUT2D eigenvalue weighted by molar-refractivity contribution is 5.22. The summed E-state index contributed by atoms with van der Waals surface area (Å²) in [5.74, 6) is 0. The van der Waals surface area contributed by atoms with Crippen molar-refractivity contribution in [2.24, 2.45) is 0 Å². The SMILES string of the molecule is CC.CC.CCc1ccc(C)cc1.CCc1cccc(C)c1. The van der Waals surface area contributed by atoms with Gasteiger partial charge < -0.3 is 0 Å². The molecule has 0 saturated carbocycles. The van der Waals surface area contributed by atoms with Gasteiger partial charge in [-0.15, -0.1) is 0 Å². The second-order valence-corrected chi connectivity index (χ2v) is 4.68. The lowest BCUT2D eigenvalue weighted by molar-refractivity contribution is 1.13. The molecule has 0 atom stereocenters. The first-order chi connectivity index (χ1) is 10.7. The Kier molecular flexibility index (Phi) is 16.3. The summed E-state index contributed by atoms with van der Waals surface area (Å²) in [5, 5.41) is 0. The van der Waals surface area contributed by atoms with Gasteiger partial charge in [0.2, 0.25) is 0 Å². The molecule has 0 amide bonds. The van der Waals surface area contributed by atoms with Crippen molar-refractivity contribution in [3.63, 3.8) is 0 Å². The highest BCUT2D eigenvalue weighted by Gasteiger charge is 1.86. The molecule has 0 bridgehead atoms. The Morgan fingerprint density at radius 3 is 1.45 bits per heavy atom. The summed E-state index contributed by atoms with van der Waals surface area (Å²) in [6.07, 6.45) is 2.28. The van der Waals surface area contributed by atoms with Crippen LogP contribution in [0.25, 0.3) is 0 Å². The van der Waals surface area contributed by atoms with Crippen LogP contribution in [0.15, 0.2) is 48.5 Å². The van der Waals surface area contributed by atoms with E-state index >= 15 is 0 Å². The van der Waals surface area contributed by atoms with E-state index in [1.165, 1.54) is 22.3 Å². The Balaban J connectivity index is 0. The van der Waals surface area contributed by atoms with E-state index in [0.29, 0.717) is 0 Å². The lowest BCUT2D eigenvalue weighted by Crippen LogP contribution is -1.78. The molecule has 0 spiro atoms. The molecular weight excluding hydrogens is 264 g/mol.